The van der Waals surface area contributed by atoms with Crippen molar-refractivity contribution in [3.8, 4) is 11.3 Å². The van der Waals surface area contributed by atoms with Crippen molar-refractivity contribution in [2.45, 2.75) is 6.54 Å². The molecule has 0 aliphatic carbocycles. The first-order valence-corrected chi connectivity index (χ1v) is 7.91. The van der Waals surface area contributed by atoms with Gasteiger partial charge in [-0.15, -0.1) is 0 Å². The van der Waals surface area contributed by atoms with E-state index in [9.17, 15) is 4.79 Å². The lowest BCUT2D eigenvalue weighted by Gasteiger charge is -2.14. The third kappa shape index (κ3) is 3.53. The Balaban J connectivity index is 1.71. The van der Waals surface area contributed by atoms with Crippen LogP contribution in [0.3, 0.4) is 0 Å². The molecule has 0 radical (unpaired) electrons. The Hall–Kier alpha value is -2.34. The van der Waals surface area contributed by atoms with Crippen LogP contribution in [-0.4, -0.2) is 27.6 Å². The van der Waals surface area contributed by atoms with Gasteiger partial charge in [0.2, 0.25) is 0 Å². The number of carbonyl (C=O) groups is 1. The molecule has 0 atom stereocenters. The molecule has 0 saturated heterocycles. The summed E-state index contributed by atoms with van der Waals surface area (Å²) in [5.41, 5.74) is 1.57. The van der Waals surface area contributed by atoms with Crippen molar-refractivity contribution in [1.29, 1.82) is 0 Å². The quantitative estimate of drug-likeness (QED) is 0.700. The maximum absolute atomic E-state index is 12.3. The van der Waals surface area contributed by atoms with E-state index in [2.05, 4.69) is 21.0 Å². The fourth-order valence-corrected chi connectivity index (χ4v) is 2.55. The Labute approximate surface area is 142 Å². The maximum Gasteiger partial charge on any atom is 0.257 e. The van der Waals surface area contributed by atoms with Gasteiger partial charge in [-0.05, 0) is 24.3 Å². The van der Waals surface area contributed by atoms with Crippen LogP contribution in [-0.2, 0) is 13.6 Å². The second-order valence-electron chi connectivity index (χ2n) is 5.34. The molecule has 3 aromatic rings. The second-order valence-corrected chi connectivity index (χ2v) is 6.25. The van der Waals surface area contributed by atoms with Crippen LogP contribution >= 0.6 is 15.9 Å². The molecule has 0 aliphatic heterocycles. The lowest BCUT2D eigenvalue weighted by atomic mass is 10.2. The Morgan fingerprint density at radius 2 is 2.00 bits per heavy atom. The average molecular weight is 374 g/mol. The highest BCUT2D eigenvalue weighted by Gasteiger charge is 2.15. The first-order valence-electron chi connectivity index (χ1n) is 7.11. The lowest BCUT2D eigenvalue weighted by Crippen LogP contribution is -2.25. The zero-order chi connectivity index (χ0) is 16.4. The van der Waals surface area contributed by atoms with Crippen molar-refractivity contribution in [2.24, 2.45) is 7.05 Å². The van der Waals surface area contributed by atoms with Crippen LogP contribution in [0.2, 0.25) is 0 Å². The Kier molecular flexibility index (Phi) is 4.34. The van der Waals surface area contributed by atoms with Crippen LogP contribution in [0.4, 0.5) is 0 Å². The molecule has 6 heteroatoms. The van der Waals surface area contributed by atoms with Gasteiger partial charge in [-0.3, -0.25) is 9.48 Å². The van der Waals surface area contributed by atoms with Gasteiger partial charge in [-0.1, -0.05) is 28.1 Å². The molecular formula is C17H16BrN3O2. The van der Waals surface area contributed by atoms with Gasteiger partial charge in [0.15, 0.2) is 0 Å². The third-order valence-electron chi connectivity index (χ3n) is 3.48. The van der Waals surface area contributed by atoms with Crippen LogP contribution in [0.5, 0.6) is 0 Å². The molecule has 2 heterocycles. The maximum atomic E-state index is 12.3. The highest BCUT2D eigenvalue weighted by molar-refractivity contribution is 9.10. The van der Waals surface area contributed by atoms with E-state index in [0.29, 0.717) is 12.1 Å². The van der Waals surface area contributed by atoms with E-state index in [4.69, 9.17) is 4.42 Å². The minimum atomic E-state index is -0.0836. The molecule has 3 rings (SSSR count). The molecule has 1 amide bonds. The molecule has 23 heavy (non-hydrogen) atoms. The van der Waals surface area contributed by atoms with E-state index in [1.165, 1.54) is 0 Å². The highest BCUT2D eigenvalue weighted by atomic mass is 79.9. The zero-order valence-electron chi connectivity index (χ0n) is 12.9. The number of benzene rings is 1. The van der Waals surface area contributed by atoms with Crippen LogP contribution in [0.25, 0.3) is 11.3 Å². The van der Waals surface area contributed by atoms with Crippen molar-refractivity contribution in [3.63, 3.8) is 0 Å². The molecule has 118 valence electrons. The standard InChI is InChI=1S/C17H16BrN3O2/c1-20(17(22)13-9-19-21(2)10-13)11-15-7-8-16(23-15)12-3-5-14(18)6-4-12/h3-10H,11H2,1-2H3. The summed E-state index contributed by atoms with van der Waals surface area (Å²) >= 11 is 3.41. The number of hydrogen-bond donors (Lipinski definition) is 0. The van der Waals surface area contributed by atoms with E-state index in [1.807, 2.05) is 36.4 Å². The molecular weight excluding hydrogens is 358 g/mol. The first kappa shape index (κ1) is 15.6. The first-order chi connectivity index (χ1) is 11.0. The predicted octanol–water partition coefficient (Wildman–Crippen LogP) is 3.71. The molecule has 0 saturated carbocycles. The van der Waals surface area contributed by atoms with Gasteiger partial charge < -0.3 is 9.32 Å². The minimum absolute atomic E-state index is 0.0836. The topological polar surface area (TPSA) is 51.3 Å². The summed E-state index contributed by atoms with van der Waals surface area (Å²) in [5, 5.41) is 4.02. The van der Waals surface area contributed by atoms with Crippen LogP contribution in [0.1, 0.15) is 16.1 Å². The second kappa shape index (κ2) is 6.42. The molecule has 0 unspecified atom stereocenters. The summed E-state index contributed by atoms with van der Waals surface area (Å²) in [6, 6.07) is 11.7. The van der Waals surface area contributed by atoms with Crippen molar-refractivity contribution >= 4 is 21.8 Å². The normalized spacial score (nSPS) is 10.7. The number of aromatic nitrogens is 2. The number of halogens is 1. The van der Waals surface area contributed by atoms with Gasteiger partial charge in [0.1, 0.15) is 11.5 Å². The van der Waals surface area contributed by atoms with Gasteiger partial charge in [-0.25, -0.2) is 0 Å². The van der Waals surface area contributed by atoms with Crippen LogP contribution < -0.4 is 0 Å². The molecule has 5 nitrogen and oxygen atoms in total. The van der Waals surface area contributed by atoms with E-state index in [-0.39, 0.29) is 5.91 Å². The number of carbonyl (C=O) groups excluding carboxylic acids is 1. The summed E-state index contributed by atoms with van der Waals surface area (Å²) < 4.78 is 8.48. The predicted molar refractivity (Wildman–Crippen MR) is 90.8 cm³/mol. The molecule has 0 aliphatic rings. The van der Waals surface area contributed by atoms with Gasteiger partial charge in [0.05, 0.1) is 18.3 Å². The number of rotatable bonds is 4. The largest absolute Gasteiger partial charge is 0.459 e. The fraction of sp³-hybridized carbons (Fsp3) is 0.176. The van der Waals surface area contributed by atoms with Crippen molar-refractivity contribution in [3.05, 3.63) is 64.6 Å². The number of hydrogen-bond acceptors (Lipinski definition) is 3. The Bertz CT molecular complexity index is 820. The SMILES string of the molecule is CN(Cc1ccc(-c2ccc(Br)cc2)o1)C(=O)c1cnn(C)c1. The van der Waals surface area contributed by atoms with Crippen molar-refractivity contribution in [1.82, 2.24) is 14.7 Å². The van der Waals surface area contributed by atoms with E-state index < -0.39 is 0 Å². The molecule has 0 fully saturated rings. The molecule has 0 spiro atoms. The number of furan rings is 1. The van der Waals surface area contributed by atoms with E-state index in [1.54, 1.807) is 36.1 Å². The molecule has 0 N–H and O–H groups in total. The molecule has 2 aromatic heterocycles. The Morgan fingerprint density at radius 3 is 2.65 bits per heavy atom. The fourth-order valence-electron chi connectivity index (χ4n) is 2.29. The minimum Gasteiger partial charge on any atom is -0.459 e. The van der Waals surface area contributed by atoms with Gasteiger partial charge in [-0.2, -0.15) is 5.10 Å². The monoisotopic (exact) mass is 373 g/mol. The summed E-state index contributed by atoms with van der Waals surface area (Å²) in [6.45, 7) is 0.407. The summed E-state index contributed by atoms with van der Waals surface area (Å²) in [5.74, 6) is 1.44. The summed E-state index contributed by atoms with van der Waals surface area (Å²) in [4.78, 5) is 13.9. The lowest BCUT2D eigenvalue weighted by molar-refractivity contribution is 0.0775. The van der Waals surface area contributed by atoms with Gasteiger partial charge in [0, 0.05) is 30.3 Å². The summed E-state index contributed by atoms with van der Waals surface area (Å²) in [6.07, 6.45) is 3.27. The zero-order valence-corrected chi connectivity index (χ0v) is 14.4. The smallest absolute Gasteiger partial charge is 0.257 e. The van der Waals surface area contributed by atoms with E-state index in [0.717, 1.165) is 21.6 Å². The van der Waals surface area contributed by atoms with Crippen LogP contribution in [0.15, 0.2) is 57.7 Å². The average Bonchev–Trinajstić information content (AvgIpc) is 3.16. The Morgan fingerprint density at radius 1 is 1.26 bits per heavy atom. The van der Waals surface area contributed by atoms with E-state index >= 15 is 0 Å². The van der Waals surface area contributed by atoms with Gasteiger partial charge in [0.25, 0.3) is 5.91 Å². The molecule has 0 bridgehead atoms. The number of nitrogens with zero attached hydrogens (tertiary/aromatic N) is 3. The van der Waals surface area contributed by atoms with Gasteiger partial charge >= 0.3 is 0 Å². The van der Waals surface area contributed by atoms with Crippen molar-refractivity contribution < 1.29 is 9.21 Å². The summed E-state index contributed by atoms with van der Waals surface area (Å²) in [7, 11) is 3.53. The third-order valence-corrected chi connectivity index (χ3v) is 4.01. The number of amides is 1. The highest BCUT2D eigenvalue weighted by Crippen LogP contribution is 2.24. The van der Waals surface area contributed by atoms with Crippen molar-refractivity contribution in [2.75, 3.05) is 7.05 Å². The molecule has 1 aromatic carbocycles. The van der Waals surface area contributed by atoms with Crippen LogP contribution in [0, 0.1) is 0 Å². The number of aryl methyl sites for hydroxylation is 1.